The summed E-state index contributed by atoms with van der Waals surface area (Å²) in [5.41, 5.74) is 1.87. The molecule has 0 spiro atoms. The average Bonchev–Trinajstić information content (AvgIpc) is 3.34. The molecule has 0 radical (unpaired) electrons. The van der Waals surface area contributed by atoms with Crippen molar-refractivity contribution >= 4 is 16.9 Å². The van der Waals surface area contributed by atoms with Crippen LogP contribution in [0.4, 0.5) is 4.39 Å². The Bertz CT molecular complexity index is 991. The minimum atomic E-state index is -0.501. The normalized spacial score (nSPS) is 15.7. The van der Waals surface area contributed by atoms with E-state index in [0.29, 0.717) is 23.4 Å². The number of hydrogen-bond acceptors (Lipinski definition) is 3. The maximum atomic E-state index is 13.5. The molecule has 1 aliphatic carbocycles. The number of likely N-dealkylation sites (N-methyl/N-ethyl adjacent to an activating group) is 1. The molecule has 1 aliphatic rings. The summed E-state index contributed by atoms with van der Waals surface area (Å²) < 4.78 is 18.7. The molecule has 1 fully saturated rings. The standard InChI is InChI=1S/C22H24FN3O2/c1-26(14-20-24-18-10-7-16(23)13-19(18)25-20)21(27)22(11-3-4-12-22)15-5-8-17(28-2)9-6-15/h5-10,13H,3-4,11-12,14H2,1-2H3,(H,24,25). The predicted molar refractivity (Wildman–Crippen MR) is 106 cm³/mol. The van der Waals surface area contributed by atoms with E-state index in [1.165, 1.54) is 12.1 Å². The van der Waals surface area contributed by atoms with Crippen LogP contribution in [0.5, 0.6) is 5.75 Å². The summed E-state index contributed by atoms with van der Waals surface area (Å²) in [6.07, 6.45) is 3.76. The van der Waals surface area contributed by atoms with Gasteiger partial charge in [0.1, 0.15) is 17.4 Å². The van der Waals surface area contributed by atoms with Crippen LogP contribution in [-0.4, -0.2) is 34.9 Å². The fourth-order valence-electron chi connectivity index (χ4n) is 4.29. The van der Waals surface area contributed by atoms with Crippen LogP contribution in [0.2, 0.25) is 0 Å². The van der Waals surface area contributed by atoms with Gasteiger partial charge in [0.2, 0.25) is 5.91 Å². The lowest BCUT2D eigenvalue weighted by atomic mass is 9.77. The number of hydrogen-bond donors (Lipinski definition) is 1. The van der Waals surface area contributed by atoms with Crippen LogP contribution in [-0.2, 0) is 16.8 Å². The van der Waals surface area contributed by atoms with Crippen molar-refractivity contribution in [1.82, 2.24) is 14.9 Å². The Morgan fingerprint density at radius 1 is 1.21 bits per heavy atom. The monoisotopic (exact) mass is 381 g/mol. The zero-order chi connectivity index (χ0) is 19.7. The highest BCUT2D eigenvalue weighted by Crippen LogP contribution is 2.43. The van der Waals surface area contributed by atoms with Crippen LogP contribution in [0.3, 0.4) is 0 Å². The van der Waals surface area contributed by atoms with Gasteiger partial charge in [-0.3, -0.25) is 4.79 Å². The van der Waals surface area contributed by atoms with Crippen LogP contribution >= 0.6 is 0 Å². The number of aromatic amines is 1. The number of nitrogens with one attached hydrogen (secondary N) is 1. The molecule has 1 aromatic heterocycles. The minimum Gasteiger partial charge on any atom is -0.497 e. The molecule has 28 heavy (non-hydrogen) atoms. The highest BCUT2D eigenvalue weighted by molar-refractivity contribution is 5.88. The van der Waals surface area contributed by atoms with E-state index in [-0.39, 0.29) is 11.7 Å². The summed E-state index contributed by atoms with van der Waals surface area (Å²) in [6, 6.07) is 12.3. The van der Waals surface area contributed by atoms with Gasteiger partial charge < -0.3 is 14.6 Å². The molecule has 0 bridgehead atoms. The SMILES string of the molecule is COc1ccc(C2(C(=O)N(C)Cc3nc4ccc(F)cc4[nH]3)CCCC2)cc1. The number of methoxy groups -OCH3 is 1. The molecule has 2 aromatic carbocycles. The van der Waals surface area contributed by atoms with Crippen molar-refractivity contribution < 1.29 is 13.9 Å². The number of carbonyl (C=O) groups is 1. The number of H-pyrrole nitrogens is 1. The van der Waals surface area contributed by atoms with Crippen LogP contribution in [0.15, 0.2) is 42.5 Å². The van der Waals surface area contributed by atoms with Gasteiger partial charge in [0.05, 0.1) is 30.1 Å². The van der Waals surface area contributed by atoms with Gasteiger partial charge in [0.25, 0.3) is 0 Å². The lowest BCUT2D eigenvalue weighted by Crippen LogP contribution is -2.43. The van der Waals surface area contributed by atoms with E-state index in [4.69, 9.17) is 4.74 Å². The van der Waals surface area contributed by atoms with Gasteiger partial charge in [-0.15, -0.1) is 0 Å². The Kier molecular flexibility index (Phi) is 4.79. The van der Waals surface area contributed by atoms with Crippen molar-refractivity contribution in [2.45, 2.75) is 37.6 Å². The fourth-order valence-corrected chi connectivity index (χ4v) is 4.29. The van der Waals surface area contributed by atoms with E-state index in [2.05, 4.69) is 9.97 Å². The van der Waals surface area contributed by atoms with Gasteiger partial charge in [0, 0.05) is 7.05 Å². The highest BCUT2D eigenvalue weighted by atomic mass is 19.1. The first-order valence-electron chi connectivity index (χ1n) is 9.56. The summed E-state index contributed by atoms with van der Waals surface area (Å²) >= 11 is 0. The zero-order valence-electron chi connectivity index (χ0n) is 16.2. The molecule has 146 valence electrons. The Morgan fingerprint density at radius 3 is 2.61 bits per heavy atom. The second-order valence-electron chi connectivity index (χ2n) is 7.52. The van der Waals surface area contributed by atoms with E-state index >= 15 is 0 Å². The first-order valence-corrected chi connectivity index (χ1v) is 9.56. The number of nitrogens with zero attached hydrogens (tertiary/aromatic N) is 2. The first-order chi connectivity index (χ1) is 13.5. The van der Waals surface area contributed by atoms with Gasteiger partial charge in [-0.05, 0) is 48.7 Å². The number of aromatic nitrogens is 2. The van der Waals surface area contributed by atoms with E-state index < -0.39 is 5.41 Å². The lowest BCUT2D eigenvalue weighted by Gasteiger charge is -2.32. The van der Waals surface area contributed by atoms with Crippen molar-refractivity contribution in [2.75, 3.05) is 14.2 Å². The summed E-state index contributed by atoms with van der Waals surface area (Å²) in [4.78, 5) is 22.8. The van der Waals surface area contributed by atoms with Crippen LogP contribution in [0, 0.1) is 5.82 Å². The third kappa shape index (κ3) is 3.23. The maximum Gasteiger partial charge on any atom is 0.233 e. The molecule has 4 rings (SSSR count). The Balaban J connectivity index is 1.59. The smallest absolute Gasteiger partial charge is 0.233 e. The van der Waals surface area contributed by atoms with Crippen molar-refractivity contribution in [1.29, 1.82) is 0 Å². The molecule has 1 N–H and O–H groups in total. The van der Waals surface area contributed by atoms with Crippen molar-refractivity contribution in [3.05, 3.63) is 59.7 Å². The first kappa shape index (κ1) is 18.5. The molecule has 6 heteroatoms. The molecule has 5 nitrogen and oxygen atoms in total. The number of ether oxygens (including phenoxy) is 1. The van der Waals surface area contributed by atoms with Gasteiger partial charge >= 0.3 is 0 Å². The topological polar surface area (TPSA) is 58.2 Å². The van der Waals surface area contributed by atoms with Gasteiger partial charge in [0.15, 0.2) is 0 Å². The molecule has 0 atom stereocenters. The lowest BCUT2D eigenvalue weighted by molar-refractivity contribution is -0.136. The Hall–Kier alpha value is -2.89. The molecular formula is C22H24FN3O2. The number of fused-ring (bicyclic) bond motifs is 1. The van der Waals surface area contributed by atoms with Crippen LogP contribution in [0.25, 0.3) is 11.0 Å². The number of halogens is 1. The van der Waals surface area contributed by atoms with E-state index in [9.17, 15) is 9.18 Å². The summed E-state index contributed by atoms with van der Waals surface area (Å²) in [5.74, 6) is 1.23. The Morgan fingerprint density at radius 2 is 1.93 bits per heavy atom. The van der Waals surface area contributed by atoms with Gasteiger partial charge in [-0.1, -0.05) is 25.0 Å². The second-order valence-corrected chi connectivity index (χ2v) is 7.52. The highest BCUT2D eigenvalue weighted by Gasteiger charge is 2.44. The number of rotatable bonds is 5. The summed E-state index contributed by atoms with van der Waals surface area (Å²) in [6.45, 7) is 0.354. The summed E-state index contributed by atoms with van der Waals surface area (Å²) in [5, 5.41) is 0. The molecule has 0 saturated heterocycles. The quantitative estimate of drug-likeness (QED) is 0.721. The predicted octanol–water partition coefficient (Wildman–Crippen LogP) is 4.18. The van der Waals surface area contributed by atoms with Crippen molar-refractivity contribution in [3.63, 3.8) is 0 Å². The second kappa shape index (κ2) is 7.26. The van der Waals surface area contributed by atoms with Crippen LogP contribution in [0.1, 0.15) is 37.1 Å². The molecule has 1 saturated carbocycles. The van der Waals surface area contributed by atoms with Gasteiger partial charge in [-0.25, -0.2) is 9.37 Å². The number of benzene rings is 2. The number of imidazole rings is 1. The molecule has 0 unspecified atom stereocenters. The van der Waals surface area contributed by atoms with Gasteiger partial charge in [-0.2, -0.15) is 0 Å². The zero-order valence-corrected chi connectivity index (χ0v) is 16.2. The third-order valence-electron chi connectivity index (χ3n) is 5.74. The Labute approximate surface area is 163 Å². The molecule has 3 aromatic rings. The molecule has 1 heterocycles. The largest absolute Gasteiger partial charge is 0.497 e. The third-order valence-corrected chi connectivity index (χ3v) is 5.74. The van der Waals surface area contributed by atoms with Crippen molar-refractivity contribution in [3.8, 4) is 5.75 Å². The van der Waals surface area contributed by atoms with E-state index in [1.54, 1.807) is 25.1 Å². The molecule has 0 aliphatic heterocycles. The van der Waals surface area contributed by atoms with E-state index in [0.717, 1.165) is 37.0 Å². The van der Waals surface area contributed by atoms with E-state index in [1.807, 2.05) is 24.3 Å². The average molecular weight is 381 g/mol. The molecular weight excluding hydrogens is 357 g/mol. The van der Waals surface area contributed by atoms with Crippen LogP contribution < -0.4 is 4.74 Å². The summed E-state index contributed by atoms with van der Waals surface area (Å²) in [7, 11) is 3.44. The number of amides is 1. The molecule has 1 amide bonds. The maximum absolute atomic E-state index is 13.5. The van der Waals surface area contributed by atoms with Crippen molar-refractivity contribution in [2.24, 2.45) is 0 Å². The number of carbonyl (C=O) groups excluding carboxylic acids is 1. The minimum absolute atomic E-state index is 0.0989. The fraction of sp³-hybridized carbons (Fsp3) is 0.364.